The second-order valence-corrected chi connectivity index (χ2v) is 3.80. The first-order valence-corrected chi connectivity index (χ1v) is 4.99. The summed E-state index contributed by atoms with van der Waals surface area (Å²) in [5.41, 5.74) is 5.83. The lowest BCUT2D eigenvalue weighted by Gasteiger charge is -2.00. The zero-order valence-electron chi connectivity index (χ0n) is 8.01. The van der Waals surface area contributed by atoms with Gasteiger partial charge in [0.25, 0.3) is 12.3 Å². The number of rotatable bonds is 4. The fourth-order valence-corrected chi connectivity index (χ4v) is 1.89. The average molecular weight is 235 g/mol. The van der Waals surface area contributed by atoms with E-state index < -0.39 is 13.0 Å². The van der Waals surface area contributed by atoms with E-state index in [1.165, 1.54) is 13.1 Å². The van der Waals surface area contributed by atoms with Gasteiger partial charge in [0.05, 0.1) is 17.2 Å². The molecule has 0 saturated heterocycles. The van der Waals surface area contributed by atoms with E-state index in [4.69, 9.17) is 5.73 Å². The Morgan fingerprint density at radius 3 is 2.87 bits per heavy atom. The van der Waals surface area contributed by atoms with Crippen molar-refractivity contribution < 1.29 is 13.6 Å². The molecule has 0 radical (unpaired) electrons. The summed E-state index contributed by atoms with van der Waals surface area (Å²) in [4.78, 5) is 11.6. The summed E-state index contributed by atoms with van der Waals surface area (Å²) in [6, 6.07) is 1.47. The zero-order chi connectivity index (χ0) is 11.4. The van der Waals surface area contributed by atoms with Crippen LogP contribution in [0.1, 0.15) is 9.67 Å². The molecule has 4 N–H and O–H groups in total. The molecule has 7 heteroatoms. The number of carbonyl (C=O) groups excluding carboxylic acids is 1. The Balaban J connectivity index is 2.72. The van der Waals surface area contributed by atoms with Crippen LogP contribution in [-0.2, 0) is 0 Å². The molecule has 0 aliphatic rings. The van der Waals surface area contributed by atoms with Crippen LogP contribution in [0.3, 0.4) is 0 Å². The molecular weight excluding hydrogens is 224 g/mol. The van der Waals surface area contributed by atoms with Gasteiger partial charge < -0.3 is 16.4 Å². The molecule has 0 aliphatic carbocycles. The molecule has 0 bridgehead atoms. The molecule has 1 aromatic heterocycles. The lowest BCUT2D eigenvalue weighted by atomic mass is 10.4. The van der Waals surface area contributed by atoms with Crippen LogP contribution in [0.15, 0.2) is 6.07 Å². The van der Waals surface area contributed by atoms with E-state index in [1.807, 2.05) is 0 Å². The average Bonchev–Trinajstić information content (AvgIpc) is 2.55. The van der Waals surface area contributed by atoms with Gasteiger partial charge >= 0.3 is 0 Å². The van der Waals surface area contributed by atoms with Crippen molar-refractivity contribution in [3.63, 3.8) is 0 Å². The lowest BCUT2D eigenvalue weighted by Crippen LogP contribution is -2.17. The maximum atomic E-state index is 11.9. The first-order chi connectivity index (χ1) is 7.04. The summed E-state index contributed by atoms with van der Waals surface area (Å²) in [7, 11) is 1.48. The van der Waals surface area contributed by atoms with E-state index in [2.05, 4.69) is 10.6 Å². The third-order valence-electron chi connectivity index (χ3n) is 1.62. The van der Waals surface area contributed by atoms with Crippen molar-refractivity contribution in [2.24, 2.45) is 0 Å². The van der Waals surface area contributed by atoms with Gasteiger partial charge in [-0.3, -0.25) is 4.79 Å². The molecule has 1 heterocycles. The zero-order valence-corrected chi connectivity index (χ0v) is 8.83. The minimum absolute atomic E-state index is 0.288. The number of amides is 1. The first-order valence-electron chi connectivity index (χ1n) is 4.18. The Labute approximate surface area is 89.5 Å². The van der Waals surface area contributed by atoms with E-state index >= 15 is 0 Å². The van der Waals surface area contributed by atoms with Gasteiger partial charge in [-0.2, -0.15) is 0 Å². The van der Waals surface area contributed by atoms with Gasteiger partial charge in [-0.1, -0.05) is 0 Å². The van der Waals surface area contributed by atoms with E-state index in [-0.39, 0.29) is 11.6 Å². The van der Waals surface area contributed by atoms with Crippen LogP contribution in [0, 0.1) is 0 Å². The number of thiophene rings is 1. The molecule has 0 saturated carbocycles. The topological polar surface area (TPSA) is 67.2 Å². The van der Waals surface area contributed by atoms with Crippen molar-refractivity contribution >= 4 is 27.9 Å². The van der Waals surface area contributed by atoms with Crippen LogP contribution in [0.5, 0.6) is 0 Å². The number of anilines is 2. The largest absolute Gasteiger partial charge is 0.397 e. The fourth-order valence-electron chi connectivity index (χ4n) is 0.961. The Hall–Kier alpha value is -1.37. The summed E-state index contributed by atoms with van der Waals surface area (Å²) >= 11 is 1.05. The highest BCUT2D eigenvalue weighted by atomic mass is 32.1. The van der Waals surface area contributed by atoms with Crippen molar-refractivity contribution in [1.82, 2.24) is 5.32 Å². The van der Waals surface area contributed by atoms with Crippen LogP contribution in [0.4, 0.5) is 19.5 Å². The molecule has 0 spiro atoms. The molecule has 15 heavy (non-hydrogen) atoms. The van der Waals surface area contributed by atoms with E-state index in [0.717, 1.165) is 11.3 Å². The van der Waals surface area contributed by atoms with Crippen LogP contribution < -0.4 is 16.4 Å². The molecule has 1 amide bonds. The highest BCUT2D eigenvalue weighted by molar-refractivity contribution is 7.18. The standard InChI is InChI=1S/C8H11F2N3OS/c1-12-8(14)7-4(11)2-6(15-7)13-3-5(9)10/h2,5,13H,3,11H2,1H3,(H,12,14). The Kier molecular flexibility index (Phi) is 3.84. The summed E-state index contributed by atoms with van der Waals surface area (Å²) in [6.07, 6.45) is -2.43. The molecular formula is C8H11F2N3OS. The monoisotopic (exact) mass is 235 g/mol. The molecule has 1 rings (SSSR count). The van der Waals surface area contributed by atoms with E-state index in [9.17, 15) is 13.6 Å². The van der Waals surface area contributed by atoms with Gasteiger partial charge in [-0.05, 0) is 6.07 Å². The van der Waals surface area contributed by atoms with Gasteiger partial charge in [0.15, 0.2) is 0 Å². The third kappa shape index (κ3) is 3.05. The summed E-state index contributed by atoms with van der Waals surface area (Å²) in [5, 5.41) is 5.37. The maximum Gasteiger partial charge on any atom is 0.263 e. The number of nitrogens with one attached hydrogen (secondary N) is 2. The molecule has 0 atom stereocenters. The number of hydrogen-bond donors (Lipinski definition) is 3. The summed E-state index contributed by atoms with van der Waals surface area (Å²) in [5.74, 6) is -0.317. The smallest absolute Gasteiger partial charge is 0.263 e. The van der Waals surface area contributed by atoms with Gasteiger partial charge in [0, 0.05) is 7.05 Å². The molecule has 0 aromatic carbocycles. The molecule has 4 nitrogen and oxygen atoms in total. The number of halogens is 2. The van der Waals surface area contributed by atoms with E-state index in [1.54, 1.807) is 0 Å². The predicted octanol–water partition coefficient (Wildman–Crippen LogP) is 1.37. The van der Waals surface area contributed by atoms with Crippen LogP contribution in [0.25, 0.3) is 0 Å². The lowest BCUT2D eigenvalue weighted by molar-refractivity contribution is 0.0968. The first kappa shape index (κ1) is 11.7. The predicted molar refractivity (Wildman–Crippen MR) is 56.6 cm³/mol. The van der Waals surface area contributed by atoms with Crippen molar-refractivity contribution in [3.8, 4) is 0 Å². The van der Waals surface area contributed by atoms with Crippen molar-refractivity contribution in [2.45, 2.75) is 6.43 Å². The molecule has 84 valence electrons. The molecule has 0 fully saturated rings. The molecule has 0 unspecified atom stereocenters. The number of nitrogens with two attached hydrogens (primary N) is 1. The number of hydrogen-bond acceptors (Lipinski definition) is 4. The Morgan fingerprint density at radius 1 is 1.67 bits per heavy atom. The molecule has 1 aromatic rings. The fraction of sp³-hybridized carbons (Fsp3) is 0.375. The van der Waals surface area contributed by atoms with Crippen molar-refractivity contribution in [3.05, 3.63) is 10.9 Å². The van der Waals surface area contributed by atoms with Gasteiger partial charge in [-0.25, -0.2) is 8.78 Å². The Morgan fingerprint density at radius 2 is 2.33 bits per heavy atom. The maximum absolute atomic E-state index is 11.9. The number of alkyl halides is 2. The van der Waals surface area contributed by atoms with Crippen molar-refractivity contribution in [1.29, 1.82) is 0 Å². The second-order valence-electron chi connectivity index (χ2n) is 2.75. The highest BCUT2D eigenvalue weighted by Crippen LogP contribution is 2.28. The highest BCUT2D eigenvalue weighted by Gasteiger charge is 2.13. The third-order valence-corrected chi connectivity index (χ3v) is 2.73. The minimum Gasteiger partial charge on any atom is -0.397 e. The van der Waals surface area contributed by atoms with Gasteiger partial charge in [0.1, 0.15) is 4.88 Å². The number of nitrogen functional groups attached to an aromatic ring is 1. The SMILES string of the molecule is CNC(=O)c1sc(NCC(F)F)cc1N. The number of carbonyl (C=O) groups is 1. The molecule has 0 aliphatic heterocycles. The normalized spacial score (nSPS) is 10.4. The summed E-state index contributed by atoms with van der Waals surface area (Å²) < 4.78 is 23.8. The van der Waals surface area contributed by atoms with Crippen LogP contribution >= 0.6 is 11.3 Å². The summed E-state index contributed by atoms with van der Waals surface area (Å²) in [6.45, 7) is -0.451. The van der Waals surface area contributed by atoms with Crippen LogP contribution in [-0.4, -0.2) is 25.9 Å². The van der Waals surface area contributed by atoms with E-state index in [0.29, 0.717) is 9.88 Å². The van der Waals surface area contributed by atoms with Crippen LogP contribution in [0.2, 0.25) is 0 Å². The Bertz CT molecular complexity index is 354. The van der Waals surface area contributed by atoms with Gasteiger partial charge in [0.2, 0.25) is 0 Å². The second kappa shape index (κ2) is 4.92. The minimum atomic E-state index is -2.43. The van der Waals surface area contributed by atoms with Crippen molar-refractivity contribution in [2.75, 3.05) is 24.6 Å². The van der Waals surface area contributed by atoms with Gasteiger partial charge in [-0.15, -0.1) is 11.3 Å². The quantitative estimate of drug-likeness (QED) is 0.738.